The summed E-state index contributed by atoms with van der Waals surface area (Å²) in [6.07, 6.45) is 3.65. The molecule has 9 nitrogen and oxygen atoms in total. The first-order valence-corrected chi connectivity index (χ1v) is 14.7. The second-order valence-corrected chi connectivity index (χ2v) is 11.2. The molecule has 0 bridgehead atoms. The van der Waals surface area contributed by atoms with Gasteiger partial charge in [0, 0.05) is 40.0 Å². The standard InChI is InChI=1S/C36H30N6O3/c1-23(2)41(26-12-4-3-5-13-26)33(44)22-40-31-17-8-9-18-32(31)42-34(24-11-10-14-27(43)19-24)38-39-35(42)29(36(40)45)20-25-21-37-30-16-7-6-15-28(25)30/h3-21,23,37,43H,22H2,1-2H3/b29-20+. The predicted octanol–water partition coefficient (Wildman–Crippen LogP) is 6.45. The average molecular weight is 595 g/mol. The fraction of sp³-hybridized carbons (Fsp3) is 0.111. The van der Waals surface area contributed by atoms with E-state index in [4.69, 9.17) is 0 Å². The number of rotatable bonds is 6. The molecule has 222 valence electrons. The van der Waals surface area contributed by atoms with Crippen LogP contribution in [0.5, 0.6) is 5.75 Å². The van der Waals surface area contributed by atoms with E-state index in [-0.39, 0.29) is 35.7 Å². The molecular weight excluding hydrogens is 564 g/mol. The molecule has 0 fully saturated rings. The molecule has 0 saturated heterocycles. The number of phenolic OH excluding ortho intramolecular Hbond substituents is 1. The van der Waals surface area contributed by atoms with Gasteiger partial charge in [-0.3, -0.25) is 19.1 Å². The molecule has 0 atom stereocenters. The number of aromatic nitrogens is 4. The van der Waals surface area contributed by atoms with Gasteiger partial charge in [0.05, 0.1) is 16.9 Å². The van der Waals surface area contributed by atoms with Crippen LogP contribution >= 0.6 is 0 Å². The highest BCUT2D eigenvalue weighted by Crippen LogP contribution is 2.38. The first-order chi connectivity index (χ1) is 21.9. The number of phenols is 1. The number of carbonyl (C=O) groups is 2. The molecule has 45 heavy (non-hydrogen) atoms. The Morgan fingerprint density at radius 1 is 0.889 bits per heavy atom. The number of hydrogen-bond acceptors (Lipinski definition) is 5. The zero-order valence-electron chi connectivity index (χ0n) is 24.8. The van der Waals surface area contributed by atoms with Crippen LogP contribution in [0.25, 0.3) is 39.6 Å². The molecule has 2 amide bonds. The van der Waals surface area contributed by atoms with Gasteiger partial charge in [-0.25, -0.2) is 0 Å². The Morgan fingerprint density at radius 2 is 1.60 bits per heavy atom. The highest BCUT2D eigenvalue weighted by atomic mass is 16.3. The summed E-state index contributed by atoms with van der Waals surface area (Å²) in [5, 5.41) is 20.3. The van der Waals surface area contributed by atoms with Crippen molar-refractivity contribution < 1.29 is 14.7 Å². The lowest BCUT2D eigenvalue weighted by molar-refractivity contribution is -0.120. The van der Waals surface area contributed by atoms with Crippen LogP contribution in [-0.4, -0.2) is 49.3 Å². The maximum absolute atomic E-state index is 14.8. The molecule has 3 heterocycles. The summed E-state index contributed by atoms with van der Waals surface area (Å²) >= 11 is 0. The third-order valence-electron chi connectivity index (χ3n) is 7.93. The summed E-state index contributed by atoms with van der Waals surface area (Å²) in [5.74, 6) is 0.254. The molecule has 4 aromatic carbocycles. The van der Waals surface area contributed by atoms with Gasteiger partial charge in [0.2, 0.25) is 5.91 Å². The second kappa shape index (κ2) is 11.3. The Kier molecular flexibility index (Phi) is 6.98. The summed E-state index contributed by atoms with van der Waals surface area (Å²) in [7, 11) is 0. The topological polar surface area (TPSA) is 107 Å². The lowest BCUT2D eigenvalue weighted by atomic mass is 10.1. The van der Waals surface area contributed by atoms with Crippen LogP contribution in [0.2, 0.25) is 0 Å². The number of carbonyl (C=O) groups excluding carboxylic acids is 2. The number of H-pyrrole nitrogens is 1. The minimum atomic E-state index is -0.383. The Labute approximate surface area is 259 Å². The molecule has 6 aromatic rings. The first-order valence-electron chi connectivity index (χ1n) is 14.7. The summed E-state index contributed by atoms with van der Waals surface area (Å²) in [6.45, 7) is 3.70. The number of nitrogens with zero attached hydrogens (tertiary/aromatic N) is 5. The fourth-order valence-corrected chi connectivity index (χ4v) is 5.93. The molecule has 0 radical (unpaired) electrons. The summed E-state index contributed by atoms with van der Waals surface area (Å²) in [4.78, 5) is 35.4. The molecule has 0 spiro atoms. The smallest absolute Gasteiger partial charge is 0.262 e. The number of anilines is 2. The number of aromatic hydroxyl groups is 1. The number of benzene rings is 4. The Morgan fingerprint density at radius 3 is 2.38 bits per heavy atom. The van der Waals surface area contributed by atoms with Crippen LogP contribution in [-0.2, 0) is 9.59 Å². The molecule has 0 aliphatic carbocycles. The van der Waals surface area contributed by atoms with Crippen molar-refractivity contribution in [3.63, 3.8) is 0 Å². The molecule has 0 saturated carbocycles. The molecular formula is C36H30N6O3. The molecule has 1 aliphatic rings. The number of hydrogen-bond donors (Lipinski definition) is 2. The van der Waals surface area contributed by atoms with Crippen LogP contribution in [0.1, 0.15) is 25.2 Å². The molecule has 7 rings (SSSR count). The van der Waals surface area contributed by atoms with E-state index in [1.807, 2.05) is 110 Å². The molecule has 2 N–H and O–H groups in total. The van der Waals surface area contributed by atoms with Crippen LogP contribution < -0.4 is 9.80 Å². The summed E-state index contributed by atoms with van der Waals surface area (Å²) in [5.41, 5.74) is 4.56. The number of nitrogens with one attached hydrogen (secondary N) is 1. The van der Waals surface area contributed by atoms with Gasteiger partial charge in [-0.1, -0.05) is 60.7 Å². The van der Waals surface area contributed by atoms with E-state index in [2.05, 4.69) is 15.2 Å². The van der Waals surface area contributed by atoms with Gasteiger partial charge in [0.1, 0.15) is 12.3 Å². The van der Waals surface area contributed by atoms with E-state index in [0.717, 1.165) is 22.2 Å². The molecule has 9 heteroatoms. The van der Waals surface area contributed by atoms with Crippen LogP contribution in [0, 0.1) is 0 Å². The number of amides is 2. The van der Waals surface area contributed by atoms with Crippen molar-refractivity contribution in [2.45, 2.75) is 19.9 Å². The van der Waals surface area contributed by atoms with Crippen molar-refractivity contribution in [2.24, 2.45) is 0 Å². The maximum Gasteiger partial charge on any atom is 0.262 e. The fourth-order valence-electron chi connectivity index (χ4n) is 5.93. The van der Waals surface area contributed by atoms with Crippen molar-refractivity contribution in [3.8, 4) is 22.8 Å². The quantitative estimate of drug-likeness (QED) is 0.216. The first kappa shape index (κ1) is 27.8. The minimum absolute atomic E-state index is 0.0827. The van der Waals surface area contributed by atoms with E-state index in [1.165, 1.54) is 4.90 Å². The van der Waals surface area contributed by atoms with Crippen molar-refractivity contribution in [1.82, 2.24) is 19.7 Å². The van der Waals surface area contributed by atoms with Crippen LogP contribution in [0.4, 0.5) is 11.4 Å². The SMILES string of the molecule is CC(C)N(C(=O)CN1C(=O)/C(=C/c2c[nH]c3ccccc23)c2nnc(-c3cccc(O)c3)n2-c2ccccc21)c1ccccc1. The number of fused-ring (bicyclic) bond motifs is 4. The van der Waals surface area contributed by atoms with Crippen molar-refractivity contribution in [1.29, 1.82) is 0 Å². The van der Waals surface area contributed by atoms with Crippen molar-refractivity contribution >= 4 is 45.7 Å². The van der Waals surface area contributed by atoms with Gasteiger partial charge in [-0.2, -0.15) is 0 Å². The van der Waals surface area contributed by atoms with Gasteiger partial charge >= 0.3 is 0 Å². The molecule has 0 unspecified atom stereocenters. The zero-order valence-corrected chi connectivity index (χ0v) is 24.8. The third kappa shape index (κ3) is 4.94. The van der Waals surface area contributed by atoms with E-state index >= 15 is 0 Å². The highest BCUT2D eigenvalue weighted by Gasteiger charge is 2.36. The Hall–Kier alpha value is -5.96. The van der Waals surface area contributed by atoms with Gasteiger partial charge in [-0.05, 0) is 62.4 Å². The third-order valence-corrected chi connectivity index (χ3v) is 7.93. The number of aromatic amines is 1. The second-order valence-electron chi connectivity index (χ2n) is 11.2. The average Bonchev–Trinajstić information content (AvgIpc) is 3.65. The van der Waals surface area contributed by atoms with Crippen LogP contribution in [0.15, 0.2) is 109 Å². The van der Waals surface area contributed by atoms with E-state index in [9.17, 15) is 14.7 Å². The van der Waals surface area contributed by atoms with E-state index in [1.54, 1.807) is 29.2 Å². The van der Waals surface area contributed by atoms with Gasteiger partial charge < -0.3 is 15.0 Å². The van der Waals surface area contributed by atoms with Gasteiger partial charge in [-0.15, -0.1) is 10.2 Å². The Bertz CT molecular complexity index is 2090. The zero-order chi connectivity index (χ0) is 31.1. The predicted molar refractivity (Wildman–Crippen MR) is 176 cm³/mol. The monoisotopic (exact) mass is 594 g/mol. The van der Waals surface area contributed by atoms with Crippen molar-refractivity contribution in [2.75, 3.05) is 16.3 Å². The number of para-hydroxylation sites is 4. The highest BCUT2D eigenvalue weighted by molar-refractivity contribution is 6.32. The van der Waals surface area contributed by atoms with E-state index < -0.39 is 0 Å². The summed E-state index contributed by atoms with van der Waals surface area (Å²) < 4.78 is 1.82. The van der Waals surface area contributed by atoms with Gasteiger partial charge in [0.25, 0.3) is 5.91 Å². The minimum Gasteiger partial charge on any atom is -0.508 e. The summed E-state index contributed by atoms with van der Waals surface area (Å²) in [6, 6.07) is 31.4. The molecule has 2 aromatic heterocycles. The van der Waals surface area contributed by atoms with Crippen molar-refractivity contribution in [3.05, 3.63) is 121 Å². The maximum atomic E-state index is 14.8. The van der Waals surface area contributed by atoms with E-state index in [0.29, 0.717) is 28.6 Å². The van der Waals surface area contributed by atoms with Crippen LogP contribution in [0.3, 0.4) is 0 Å². The lowest BCUT2D eigenvalue weighted by Gasteiger charge is -2.30. The normalized spacial score (nSPS) is 13.6. The largest absolute Gasteiger partial charge is 0.508 e. The van der Waals surface area contributed by atoms with Gasteiger partial charge in [0.15, 0.2) is 11.6 Å². The Balaban J connectivity index is 1.43. The molecule has 1 aliphatic heterocycles. The lowest BCUT2D eigenvalue weighted by Crippen LogP contribution is -2.46.